The monoisotopic (exact) mass is 419 g/mol. The van der Waals surface area contributed by atoms with E-state index in [-0.39, 0.29) is 23.8 Å². The maximum absolute atomic E-state index is 13.0. The fourth-order valence-electron chi connectivity index (χ4n) is 4.42. The van der Waals surface area contributed by atoms with Crippen molar-refractivity contribution in [3.8, 4) is 0 Å². The summed E-state index contributed by atoms with van der Waals surface area (Å²) < 4.78 is 0. The lowest BCUT2D eigenvalue weighted by Gasteiger charge is -2.38. The number of hydrogen-bond donors (Lipinski definition) is 1. The van der Waals surface area contributed by atoms with Gasteiger partial charge in [0.15, 0.2) is 0 Å². The molecule has 2 saturated heterocycles. The molecule has 3 heterocycles. The summed E-state index contributed by atoms with van der Waals surface area (Å²) >= 11 is 1.77. The summed E-state index contributed by atoms with van der Waals surface area (Å²) in [6.45, 7) is 12.3. The number of carbonyl (C=O) groups excluding carboxylic acids is 2. The van der Waals surface area contributed by atoms with Crippen LogP contribution in [0.3, 0.4) is 0 Å². The summed E-state index contributed by atoms with van der Waals surface area (Å²) in [4.78, 5) is 31.3. The summed E-state index contributed by atoms with van der Waals surface area (Å²) in [7, 11) is 0. The predicted octanol–water partition coefficient (Wildman–Crippen LogP) is 3.92. The van der Waals surface area contributed by atoms with Crippen LogP contribution in [0.1, 0.15) is 64.3 Å². The van der Waals surface area contributed by atoms with Gasteiger partial charge >= 0.3 is 0 Å². The molecule has 1 aromatic rings. The van der Waals surface area contributed by atoms with Crippen LogP contribution in [0.5, 0.6) is 0 Å². The van der Waals surface area contributed by atoms with Gasteiger partial charge in [-0.2, -0.15) is 0 Å². The van der Waals surface area contributed by atoms with Crippen molar-refractivity contribution in [2.45, 2.75) is 59.4 Å². The molecule has 1 N–H and O–H groups in total. The SMILES string of the molecule is CC1CCN(C(CNC(=O)C2CCCN(C(=O)C(C)(C)C)C2)c2cccs2)CC1. The molecule has 6 heteroatoms. The smallest absolute Gasteiger partial charge is 0.227 e. The van der Waals surface area contributed by atoms with Crippen LogP contribution in [-0.4, -0.2) is 54.3 Å². The van der Waals surface area contributed by atoms with Gasteiger partial charge in [-0.25, -0.2) is 0 Å². The van der Waals surface area contributed by atoms with Crippen LogP contribution in [-0.2, 0) is 9.59 Å². The van der Waals surface area contributed by atoms with Crippen molar-refractivity contribution in [3.05, 3.63) is 22.4 Å². The van der Waals surface area contributed by atoms with E-state index in [0.29, 0.717) is 13.1 Å². The summed E-state index contributed by atoms with van der Waals surface area (Å²) in [5, 5.41) is 5.35. The highest BCUT2D eigenvalue weighted by Gasteiger charge is 2.34. The van der Waals surface area contributed by atoms with Crippen molar-refractivity contribution in [3.63, 3.8) is 0 Å². The number of hydrogen-bond acceptors (Lipinski definition) is 4. The van der Waals surface area contributed by atoms with Crippen LogP contribution >= 0.6 is 11.3 Å². The zero-order valence-electron chi connectivity index (χ0n) is 18.4. The van der Waals surface area contributed by atoms with E-state index in [1.165, 1.54) is 17.7 Å². The molecule has 2 amide bonds. The molecule has 2 unspecified atom stereocenters. The van der Waals surface area contributed by atoms with E-state index >= 15 is 0 Å². The Kier molecular flexibility index (Phi) is 7.38. The van der Waals surface area contributed by atoms with Crippen LogP contribution in [0.25, 0.3) is 0 Å². The highest BCUT2D eigenvalue weighted by Crippen LogP contribution is 2.29. The summed E-state index contributed by atoms with van der Waals surface area (Å²) in [5.74, 6) is 0.941. The van der Waals surface area contributed by atoms with Gasteiger partial charge in [0.1, 0.15) is 0 Å². The Bertz CT molecular complexity index is 675. The largest absolute Gasteiger partial charge is 0.354 e. The minimum absolute atomic E-state index is 0.0968. The standard InChI is InChI=1S/C23H37N3O2S/c1-17-9-12-25(13-10-17)19(20-8-6-14-29-20)15-24-21(27)18-7-5-11-26(16-18)22(28)23(2,3)4/h6,8,14,17-19H,5,7,9-13,15-16H2,1-4H3,(H,24,27). The normalized spacial score (nSPS) is 23.0. The Morgan fingerprint density at radius 2 is 1.93 bits per heavy atom. The van der Waals surface area contributed by atoms with E-state index in [9.17, 15) is 9.59 Å². The first-order chi connectivity index (χ1) is 13.8. The van der Waals surface area contributed by atoms with Gasteiger partial charge < -0.3 is 10.2 Å². The van der Waals surface area contributed by atoms with E-state index in [4.69, 9.17) is 0 Å². The van der Waals surface area contributed by atoms with Crippen molar-refractivity contribution in [1.82, 2.24) is 15.1 Å². The maximum atomic E-state index is 13.0. The molecule has 0 bridgehead atoms. The molecule has 162 valence electrons. The van der Waals surface area contributed by atoms with Gasteiger partial charge in [-0.15, -0.1) is 11.3 Å². The Hall–Kier alpha value is -1.40. The number of amides is 2. The molecule has 5 nitrogen and oxygen atoms in total. The highest BCUT2D eigenvalue weighted by molar-refractivity contribution is 7.10. The molecule has 3 rings (SSSR count). The Morgan fingerprint density at radius 3 is 2.55 bits per heavy atom. The first-order valence-electron chi connectivity index (χ1n) is 11.1. The van der Waals surface area contributed by atoms with Crippen LogP contribution in [0.4, 0.5) is 0 Å². The van der Waals surface area contributed by atoms with E-state index in [2.05, 4.69) is 34.7 Å². The minimum atomic E-state index is -0.395. The van der Waals surface area contributed by atoms with Crippen molar-refractivity contribution in [2.24, 2.45) is 17.3 Å². The van der Waals surface area contributed by atoms with Gasteiger partial charge in [0.2, 0.25) is 11.8 Å². The number of nitrogens with zero attached hydrogens (tertiary/aromatic N) is 2. The molecule has 0 radical (unpaired) electrons. The number of nitrogens with one attached hydrogen (secondary N) is 1. The zero-order valence-corrected chi connectivity index (χ0v) is 19.3. The van der Waals surface area contributed by atoms with Crippen LogP contribution < -0.4 is 5.32 Å². The van der Waals surface area contributed by atoms with Gasteiger partial charge in [0.05, 0.1) is 12.0 Å². The fourth-order valence-corrected chi connectivity index (χ4v) is 5.28. The number of carbonyl (C=O) groups is 2. The number of piperidine rings is 2. The molecule has 2 atom stereocenters. The van der Waals surface area contributed by atoms with Crippen LogP contribution in [0.15, 0.2) is 17.5 Å². The molecule has 0 saturated carbocycles. The topological polar surface area (TPSA) is 52.7 Å². The third-order valence-electron chi connectivity index (χ3n) is 6.32. The van der Waals surface area contributed by atoms with Crippen LogP contribution in [0, 0.1) is 17.3 Å². The number of likely N-dealkylation sites (tertiary alicyclic amines) is 2. The van der Waals surface area contributed by atoms with Gasteiger partial charge in [-0.1, -0.05) is 33.8 Å². The van der Waals surface area contributed by atoms with Crippen molar-refractivity contribution < 1.29 is 9.59 Å². The summed E-state index contributed by atoms with van der Waals surface area (Å²) in [6, 6.07) is 4.53. The van der Waals surface area contributed by atoms with Gasteiger partial charge in [-0.05, 0) is 56.1 Å². The lowest BCUT2D eigenvalue weighted by Crippen LogP contribution is -2.49. The Morgan fingerprint density at radius 1 is 1.21 bits per heavy atom. The molecule has 0 aliphatic carbocycles. The second kappa shape index (κ2) is 9.61. The zero-order chi connectivity index (χ0) is 21.0. The van der Waals surface area contributed by atoms with Crippen molar-refractivity contribution >= 4 is 23.2 Å². The molecule has 1 aromatic heterocycles. The van der Waals surface area contributed by atoms with E-state index in [1.54, 1.807) is 11.3 Å². The third-order valence-corrected chi connectivity index (χ3v) is 7.29. The average Bonchev–Trinajstić information content (AvgIpc) is 3.22. The van der Waals surface area contributed by atoms with Gasteiger partial charge in [0, 0.05) is 29.9 Å². The van der Waals surface area contributed by atoms with Gasteiger partial charge in [0.25, 0.3) is 0 Å². The molecule has 2 aliphatic heterocycles. The number of rotatable bonds is 5. The number of thiophene rings is 1. The Labute approximate surface area is 179 Å². The third kappa shape index (κ3) is 5.82. The quantitative estimate of drug-likeness (QED) is 0.787. The first-order valence-corrected chi connectivity index (χ1v) is 12.0. The van der Waals surface area contributed by atoms with E-state index in [1.807, 2.05) is 25.7 Å². The molecule has 2 aliphatic rings. The molecule has 29 heavy (non-hydrogen) atoms. The molecular formula is C23H37N3O2S. The average molecular weight is 420 g/mol. The van der Waals surface area contributed by atoms with Crippen molar-refractivity contribution in [2.75, 3.05) is 32.7 Å². The molecule has 0 spiro atoms. The molecule has 0 aromatic carbocycles. The van der Waals surface area contributed by atoms with Crippen LogP contribution in [0.2, 0.25) is 0 Å². The molecular weight excluding hydrogens is 382 g/mol. The maximum Gasteiger partial charge on any atom is 0.227 e. The van der Waals surface area contributed by atoms with Crippen molar-refractivity contribution in [1.29, 1.82) is 0 Å². The Balaban J connectivity index is 1.59. The van der Waals surface area contributed by atoms with E-state index in [0.717, 1.165) is 38.4 Å². The summed E-state index contributed by atoms with van der Waals surface area (Å²) in [6.07, 6.45) is 4.22. The van der Waals surface area contributed by atoms with E-state index < -0.39 is 5.41 Å². The summed E-state index contributed by atoms with van der Waals surface area (Å²) in [5.41, 5.74) is -0.395. The fraction of sp³-hybridized carbons (Fsp3) is 0.739. The highest BCUT2D eigenvalue weighted by atomic mass is 32.1. The second-order valence-corrected chi connectivity index (χ2v) is 10.8. The first kappa shape index (κ1) is 22.3. The predicted molar refractivity (Wildman–Crippen MR) is 119 cm³/mol. The lowest BCUT2D eigenvalue weighted by molar-refractivity contribution is -0.142. The second-order valence-electron chi connectivity index (χ2n) is 9.84. The molecule has 2 fully saturated rings. The lowest BCUT2D eigenvalue weighted by atomic mass is 9.91. The van der Waals surface area contributed by atoms with Gasteiger partial charge in [-0.3, -0.25) is 14.5 Å². The minimum Gasteiger partial charge on any atom is -0.354 e.